The second kappa shape index (κ2) is 6.86. The smallest absolute Gasteiger partial charge is 0.222 e. The molecule has 94 valence electrons. The van der Waals surface area contributed by atoms with Gasteiger partial charge >= 0.3 is 0 Å². The zero-order chi connectivity index (χ0) is 12.0. The lowest BCUT2D eigenvalue weighted by molar-refractivity contribution is -0.133. The summed E-state index contributed by atoms with van der Waals surface area (Å²) in [6, 6.07) is 0. The number of hydrogen-bond donors (Lipinski definition) is 1. The van der Waals surface area contributed by atoms with Crippen LogP contribution in [0.3, 0.4) is 0 Å². The van der Waals surface area contributed by atoms with E-state index in [1.54, 1.807) is 7.11 Å². The molecule has 1 unspecified atom stereocenters. The van der Waals surface area contributed by atoms with E-state index in [4.69, 9.17) is 10.5 Å². The lowest BCUT2D eigenvalue weighted by Crippen LogP contribution is -2.40. The molecule has 1 amide bonds. The van der Waals surface area contributed by atoms with Crippen LogP contribution in [-0.2, 0) is 9.53 Å². The van der Waals surface area contributed by atoms with E-state index in [9.17, 15) is 4.79 Å². The SMILES string of the molecule is COCC(C)CC(=O)N1CCC(CN)CC1. The highest BCUT2D eigenvalue weighted by Crippen LogP contribution is 2.17. The fourth-order valence-electron chi connectivity index (χ4n) is 2.19. The van der Waals surface area contributed by atoms with Crippen molar-refractivity contribution in [3.8, 4) is 0 Å². The van der Waals surface area contributed by atoms with Crippen LogP contribution in [0.4, 0.5) is 0 Å². The second-order valence-corrected chi connectivity index (χ2v) is 4.82. The maximum Gasteiger partial charge on any atom is 0.222 e. The molecule has 0 aromatic heterocycles. The normalized spacial score (nSPS) is 19.8. The van der Waals surface area contributed by atoms with Gasteiger partial charge in [0.25, 0.3) is 0 Å². The number of likely N-dealkylation sites (tertiary alicyclic amines) is 1. The third-order valence-corrected chi connectivity index (χ3v) is 3.27. The Bertz CT molecular complexity index is 213. The molecule has 0 aliphatic carbocycles. The van der Waals surface area contributed by atoms with E-state index in [-0.39, 0.29) is 5.91 Å². The Hall–Kier alpha value is -0.610. The highest BCUT2D eigenvalue weighted by atomic mass is 16.5. The van der Waals surface area contributed by atoms with E-state index < -0.39 is 0 Å². The van der Waals surface area contributed by atoms with Crippen LogP contribution in [0.15, 0.2) is 0 Å². The Balaban J connectivity index is 2.27. The first-order chi connectivity index (χ1) is 7.67. The third-order valence-electron chi connectivity index (χ3n) is 3.27. The van der Waals surface area contributed by atoms with Crippen molar-refractivity contribution in [3.05, 3.63) is 0 Å². The van der Waals surface area contributed by atoms with Gasteiger partial charge in [0.2, 0.25) is 5.91 Å². The molecule has 0 bridgehead atoms. The largest absolute Gasteiger partial charge is 0.384 e. The standard InChI is InChI=1S/C12H24N2O2/c1-10(9-16-2)7-12(15)14-5-3-11(8-13)4-6-14/h10-11H,3-9,13H2,1-2H3. The van der Waals surface area contributed by atoms with Gasteiger partial charge < -0.3 is 15.4 Å². The molecule has 1 aliphatic heterocycles. The molecule has 0 spiro atoms. The summed E-state index contributed by atoms with van der Waals surface area (Å²) < 4.78 is 5.04. The van der Waals surface area contributed by atoms with Crippen molar-refractivity contribution in [2.45, 2.75) is 26.2 Å². The van der Waals surface area contributed by atoms with Gasteiger partial charge in [0.05, 0.1) is 0 Å². The molecule has 1 fully saturated rings. The summed E-state index contributed by atoms with van der Waals surface area (Å²) >= 11 is 0. The lowest BCUT2D eigenvalue weighted by Gasteiger charge is -2.32. The number of amides is 1. The Morgan fingerprint density at radius 2 is 2.12 bits per heavy atom. The van der Waals surface area contributed by atoms with E-state index in [1.807, 2.05) is 11.8 Å². The molecule has 0 radical (unpaired) electrons. The number of carbonyl (C=O) groups excluding carboxylic acids is 1. The van der Waals surface area contributed by atoms with Crippen LogP contribution in [-0.4, -0.2) is 44.2 Å². The van der Waals surface area contributed by atoms with Crippen LogP contribution in [0, 0.1) is 11.8 Å². The molecule has 16 heavy (non-hydrogen) atoms. The van der Waals surface area contributed by atoms with E-state index >= 15 is 0 Å². The maximum atomic E-state index is 11.9. The van der Waals surface area contributed by atoms with Crippen LogP contribution in [0.1, 0.15) is 26.2 Å². The molecule has 0 aromatic rings. The van der Waals surface area contributed by atoms with Crippen molar-refractivity contribution in [2.75, 3.05) is 33.4 Å². The number of methoxy groups -OCH3 is 1. The highest BCUT2D eigenvalue weighted by Gasteiger charge is 2.22. The van der Waals surface area contributed by atoms with Gasteiger partial charge in [-0.05, 0) is 31.2 Å². The van der Waals surface area contributed by atoms with Gasteiger partial charge in [-0.1, -0.05) is 6.92 Å². The van der Waals surface area contributed by atoms with E-state index in [1.165, 1.54) is 0 Å². The Morgan fingerprint density at radius 1 is 1.50 bits per heavy atom. The maximum absolute atomic E-state index is 11.9. The molecule has 1 rings (SSSR count). The number of rotatable bonds is 5. The third kappa shape index (κ3) is 4.10. The number of carbonyl (C=O) groups is 1. The molecule has 1 aliphatic rings. The van der Waals surface area contributed by atoms with Crippen LogP contribution in [0.2, 0.25) is 0 Å². The molecule has 1 saturated heterocycles. The average Bonchev–Trinajstić information content (AvgIpc) is 2.29. The van der Waals surface area contributed by atoms with Crippen molar-refractivity contribution < 1.29 is 9.53 Å². The summed E-state index contributed by atoms with van der Waals surface area (Å²) in [5.41, 5.74) is 5.63. The number of nitrogens with zero attached hydrogens (tertiary/aromatic N) is 1. The van der Waals surface area contributed by atoms with Gasteiger partial charge in [0.15, 0.2) is 0 Å². The fraction of sp³-hybridized carbons (Fsp3) is 0.917. The monoisotopic (exact) mass is 228 g/mol. The van der Waals surface area contributed by atoms with Crippen molar-refractivity contribution in [1.29, 1.82) is 0 Å². The topological polar surface area (TPSA) is 55.6 Å². The molecular weight excluding hydrogens is 204 g/mol. The zero-order valence-electron chi connectivity index (χ0n) is 10.4. The van der Waals surface area contributed by atoms with Crippen molar-refractivity contribution >= 4 is 5.91 Å². The molecule has 0 saturated carbocycles. The minimum atomic E-state index is 0.264. The molecule has 2 N–H and O–H groups in total. The van der Waals surface area contributed by atoms with Gasteiger partial charge in [-0.2, -0.15) is 0 Å². The summed E-state index contributed by atoms with van der Waals surface area (Å²) in [6.45, 7) is 5.21. The van der Waals surface area contributed by atoms with Crippen molar-refractivity contribution in [2.24, 2.45) is 17.6 Å². The first-order valence-electron chi connectivity index (χ1n) is 6.14. The number of hydrogen-bond acceptors (Lipinski definition) is 3. The fourth-order valence-corrected chi connectivity index (χ4v) is 2.19. The summed E-state index contributed by atoms with van der Waals surface area (Å²) in [7, 11) is 1.67. The van der Waals surface area contributed by atoms with Gasteiger partial charge in [0, 0.05) is 33.2 Å². The minimum absolute atomic E-state index is 0.264. The second-order valence-electron chi connectivity index (χ2n) is 4.82. The van der Waals surface area contributed by atoms with E-state index in [0.717, 1.165) is 32.5 Å². The Kier molecular flexibility index (Phi) is 5.77. The minimum Gasteiger partial charge on any atom is -0.384 e. The van der Waals surface area contributed by atoms with Crippen LogP contribution < -0.4 is 5.73 Å². The number of piperidine rings is 1. The molecular formula is C12H24N2O2. The lowest BCUT2D eigenvalue weighted by atomic mass is 9.96. The van der Waals surface area contributed by atoms with E-state index in [0.29, 0.717) is 24.9 Å². The van der Waals surface area contributed by atoms with Gasteiger partial charge in [-0.25, -0.2) is 0 Å². The van der Waals surface area contributed by atoms with Gasteiger partial charge in [-0.15, -0.1) is 0 Å². The first kappa shape index (κ1) is 13.5. The average molecular weight is 228 g/mol. The summed E-state index contributed by atoms with van der Waals surface area (Å²) in [5.74, 6) is 1.19. The van der Waals surface area contributed by atoms with Crippen molar-refractivity contribution in [3.63, 3.8) is 0 Å². The molecule has 1 atom stereocenters. The Labute approximate surface area is 98.1 Å². The quantitative estimate of drug-likeness (QED) is 0.759. The van der Waals surface area contributed by atoms with Gasteiger partial charge in [-0.3, -0.25) is 4.79 Å². The molecule has 4 heteroatoms. The summed E-state index contributed by atoms with van der Waals surface area (Å²) in [4.78, 5) is 13.9. The van der Waals surface area contributed by atoms with Crippen LogP contribution >= 0.6 is 0 Å². The van der Waals surface area contributed by atoms with Gasteiger partial charge in [0.1, 0.15) is 0 Å². The summed E-state index contributed by atoms with van der Waals surface area (Å²) in [6.07, 6.45) is 2.71. The Morgan fingerprint density at radius 3 is 2.62 bits per heavy atom. The van der Waals surface area contributed by atoms with E-state index in [2.05, 4.69) is 0 Å². The zero-order valence-corrected chi connectivity index (χ0v) is 10.4. The highest BCUT2D eigenvalue weighted by molar-refractivity contribution is 5.76. The number of nitrogens with two attached hydrogens (primary N) is 1. The molecule has 4 nitrogen and oxygen atoms in total. The predicted molar refractivity (Wildman–Crippen MR) is 64.0 cm³/mol. The first-order valence-corrected chi connectivity index (χ1v) is 6.14. The molecule has 0 aromatic carbocycles. The number of ether oxygens (including phenoxy) is 1. The van der Waals surface area contributed by atoms with Crippen LogP contribution in [0.25, 0.3) is 0 Å². The summed E-state index contributed by atoms with van der Waals surface area (Å²) in [5, 5.41) is 0. The molecule has 1 heterocycles. The predicted octanol–water partition coefficient (Wildman–Crippen LogP) is 0.856. The van der Waals surface area contributed by atoms with Crippen LogP contribution in [0.5, 0.6) is 0 Å². The van der Waals surface area contributed by atoms with Crippen molar-refractivity contribution in [1.82, 2.24) is 4.90 Å².